The number of carbonyl (C=O) groups excluding carboxylic acids is 1. The second kappa shape index (κ2) is 5.20. The molecule has 0 bridgehead atoms. The third kappa shape index (κ3) is 7.39. The van der Waals surface area contributed by atoms with Crippen molar-refractivity contribution in [1.29, 1.82) is 0 Å². The number of hydrogen-bond acceptors (Lipinski definition) is 3. The van der Waals surface area contributed by atoms with E-state index < -0.39 is 0 Å². The molecular weight excluding hydrogens is 132 g/mol. The molecule has 0 rings (SSSR count). The third-order valence-corrected chi connectivity index (χ3v) is 1.04. The van der Waals surface area contributed by atoms with Gasteiger partial charge in [0.2, 0.25) is 5.91 Å². The van der Waals surface area contributed by atoms with Gasteiger partial charge in [0.15, 0.2) is 0 Å². The van der Waals surface area contributed by atoms with Gasteiger partial charge < -0.3 is 16.2 Å². The summed E-state index contributed by atoms with van der Waals surface area (Å²) in [5.41, 5.74) is 4.85. The van der Waals surface area contributed by atoms with Gasteiger partial charge in [-0.1, -0.05) is 0 Å². The monoisotopic (exact) mass is 146 g/mol. The van der Waals surface area contributed by atoms with Crippen LogP contribution in [0.5, 0.6) is 0 Å². The quantitative estimate of drug-likeness (QED) is 0.428. The summed E-state index contributed by atoms with van der Waals surface area (Å²) in [7, 11) is 0. The number of aliphatic hydroxyl groups is 1. The van der Waals surface area contributed by atoms with Crippen molar-refractivity contribution in [2.24, 2.45) is 5.73 Å². The Bertz CT molecular complexity index is 104. The molecule has 0 aliphatic rings. The Morgan fingerprint density at radius 2 is 2.40 bits per heavy atom. The van der Waals surface area contributed by atoms with E-state index in [0.717, 1.165) is 0 Å². The van der Waals surface area contributed by atoms with Crippen LogP contribution in [0.1, 0.15) is 13.3 Å². The SMILES string of the molecule is CC(O)CCNCC(N)=O. The summed E-state index contributed by atoms with van der Waals surface area (Å²) in [6, 6.07) is 0. The van der Waals surface area contributed by atoms with Crippen molar-refractivity contribution >= 4 is 5.91 Å². The van der Waals surface area contributed by atoms with Gasteiger partial charge in [0.1, 0.15) is 0 Å². The van der Waals surface area contributed by atoms with E-state index >= 15 is 0 Å². The van der Waals surface area contributed by atoms with Crippen LogP contribution in [0.15, 0.2) is 0 Å². The number of aliphatic hydroxyl groups excluding tert-OH is 1. The first kappa shape index (κ1) is 9.39. The van der Waals surface area contributed by atoms with Crippen LogP contribution in [0, 0.1) is 0 Å². The van der Waals surface area contributed by atoms with E-state index in [1.54, 1.807) is 6.92 Å². The summed E-state index contributed by atoms with van der Waals surface area (Å²) < 4.78 is 0. The van der Waals surface area contributed by atoms with E-state index in [1.165, 1.54) is 0 Å². The molecule has 0 aliphatic heterocycles. The zero-order valence-corrected chi connectivity index (χ0v) is 6.13. The molecule has 10 heavy (non-hydrogen) atoms. The number of rotatable bonds is 5. The van der Waals surface area contributed by atoms with Crippen molar-refractivity contribution in [3.05, 3.63) is 0 Å². The number of nitrogens with one attached hydrogen (secondary N) is 1. The van der Waals surface area contributed by atoms with E-state index in [0.29, 0.717) is 13.0 Å². The fourth-order valence-electron chi connectivity index (χ4n) is 0.523. The highest BCUT2D eigenvalue weighted by atomic mass is 16.3. The average Bonchev–Trinajstić information content (AvgIpc) is 1.79. The lowest BCUT2D eigenvalue weighted by atomic mass is 10.3. The lowest BCUT2D eigenvalue weighted by molar-refractivity contribution is -0.117. The van der Waals surface area contributed by atoms with Crippen LogP contribution < -0.4 is 11.1 Å². The Hall–Kier alpha value is -0.610. The first-order chi connectivity index (χ1) is 4.63. The van der Waals surface area contributed by atoms with Gasteiger partial charge >= 0.3 is 0 Å². The van der Waals surface area contributed by atoms with Crippen LogP contribution in [-0.2, 0) is 4.79 Å². The normalized spacial score (nSPS) is 13.0. The molecule has 0 aromatic rings. The summed E-state index contributed by atoms with van der Waals surface area (Å²) in [6.45, 7) is 2.51. The molecule has 60 valence electrons. The highest BCUT2D eigenvalue weighted by Crippen LogP contribution is 1.84. The summed E-state index contributed by atoms with van der Waals surface area (Å²) in [5.74, 6) is -0.370. The van der Waals surface area contributed by atoms with Crippen molar-refractivity contribution in [3.8, 4) is 0 Å². The Labute approximate surface area is 60.4 Å². The molecule has 1 amide bonds. The number of nitrogens with two attached hydrogens (primary N) is 1. The van der Waals surface area contributed by atoms with E-state index in [2.05, 4.69) is 5.32 Å². The fourth-order valence-corrected chi connectivity index (χ4v) is 0.523. The van der Waals surface area contributed by atoms with Crippen LogP contribution in [0.25, 0.3) is 0 Å². The summed E-state index contributed by atoms with van der Waals surface area (Å²) in [4.78, 5) is 10.1. The lowest BCUT2D eigenvalue weighted by Crippen LogP contribution is -2.30. The Kier molecular flexibility index (Phi) is 4.88. The van der Waals surface area contributed by atoms with Crippen molar-refractivity contribution in [3.63, 3.8) is 0 Å². The van der Waals surface area contributed by atoms with Gasteiger partial charge in [0.25, 0.3) is 0 Å². The molecule has 0 saturated carbocycles. The number of carbonyl (C=O) groups is 1. The molecule has 1 unspecified atom stereocenters. The van der Waals surface area contributed by atoms with Crippen LogP contribution in [-0.4, -0.2) is 30.2 Å². The molecular formula is C6H14N2O2. The first-order valence-electron chi connectivity index (χ1n) is 3.30. The third-order valence-electron chi connectivity index (χ3n) is 1.04. The standard InChI is InChI=1S/C6H14N2O2/c1-5(9)2-3-8-4-6(7)10/h5,8-9H,2-4H2,1H3,(H2,7,10). The van der Waals surface area contributed by atoms with Crippen LogP contribution >= 0.6 is 0 Å². The molecule has 0 heterocycles. The lowest BCUT2D eigenvalue weighted by Gasteiger charge is -2.03. The van der Waals surface area contributed by atoms with Gasteiger partial charge in [0, 0.05) is 0 Å². The topological polar surface area (TPSA) is 75.3 Å². The molecule has 4 nitrogen and oxygen atoms in total. The highest BCUT2D eigenvalue weighted by molar-refractivity contribution is 5.75. The number of hydrogen-bond donors (Lipinski definition) is 3. The minimum absolute atomic E-state index is 0.187. The van der Waals surface area contributed by atoms with Crippen molar-refractivity contribution in [2.75, 3.05) is 13.1 Å². The van der Waals surface area contributed by atoms with Gasteiger partial charge in [-0.3, -0.25) is 4.79 Å². The van der Waals surface area contributed by atoms with E-state index in [4.69, 9.17) is 10.8 Å². The second-order valence-corrected chi connectivity index (χ2v) is 2.28. The molecule has 1 atom stereocenters. The Morgan fingerprint density at radius 1 is 1.80 bits per heavy atom. The molecule has 0 spiro atoms. The van der Waals surface area contributed by atoms with E-state index in [1.807, 2.05) is 0 Å². The van der Waals surface area contributed by atoms with Crippen LogP contribution in [0.3, 0.4) is 0 Å². The molecule has 0 saturated heterocycles. The predicted molar refractivity (Wildman–Crippen MR) is 38.4 cm³/mol. The molecule has 0 aromatic carbocycles. The van der Waals surface area contributed by atoms with E-state index in [-0.39, 0.29) is 18.6 Å². The molecule has 0 fully saturated rings. The minimum Gasteiger partial charge on any atom is -0.393 e. The minimum atomic E-state index is -0.370. The zero-order chi connectivity index (χ0) is 7.98. The molecule has 4 heteroatoms. The highest BCUT2D eigenvalue weighted by Gasteiger charge is 1.95. The first-order valence-corrected chi connectivity index (χ1v) is 3.30. The van der Waals surface area contributed by atoms with Crippen LogP contribution in [0.4, 0.5) is 0 Å². The van der Waals surface area contributed by atoms with E-state index in [9.17, 15) is 4.79 Å². The zero-order valence-electron chi connectivity index (χ0n) is 6.13. The van der Waals surface area contributed by atoms with Gasteiger partial charge in [-0.05, 0) is 19.9 Å². The Morgan fingerprint density at radius 3 is 2.80 bits per heavy atom. The molecule has 0 aromatic heterocycles. The maximum atomic E-state index is 10.1. The summed E-state index contributed by atoms with van der Waals surface area (Å²) in [6.07, 6.45) is 0.327. The van der Waals surface area contributed by atoms with Gasteiger partial charge in [-0.25, -0.2) is 0 Å². The van der Waals surface area contributed by atoms with Gasteiger partial charge in [-0.15, -0.1) is 0 Å². The number of primary amides is 1. The summed E-state index contributed by atoms with van der Waals surface area (Å²) in [5, 5.41) is 11.5. The van der Waals surface area contributed by atoms with Crippen LogP contribution in [0.2, 0.25) is 0 Å². The average molecular weight is 146 g/mol. The maximum absolute atomic E-state index is 10.1. The fraction of sp³-hybridized carbons (Fsp3) is 0.833. The largest absolute Gasteiger partial charge is 0.393 e. The predicted octanol–water partition coefficient (Wildman–Crippen LogP) is -1.17. The van der Waals surface area contributed by atoms with Crippen molar-refractivity contribution in [2.45, 2.75) is 19.4 Å². The van der Waals surface area contributed by atoms with Gasteiger partial charge in [0.05, 0.1) is 12.6 Å². The smallest absolute Gasteiger partial charge is 0.231 e. The Balaban J connectivity index is 2.98. The van der Waals surface area contributed by atoms with Crippen molar-refractivity contribution < 1.29 is 9.90 Å². The second-order valence-electron chi connectivity index (χ2n) is 2.28. The molecule has 4 N–H and O–H groups in total. The molecule has 0 radical (unpaired) electrons. The number of amides is 1. The van der Waals surface area contributed by atoms with Gasteiger partial charge in [-0.2, -0.15) is 0 Å². The van der Waals surface area contributed by atoms with Crippen molar-refractivity contribution in [1.82, 2.24) is 5.32 Å². The summed E-state index contributed by atoms with van der Waals surface area (Å²) >= 11 is 0. The maximum Gasteiger partial charge on any atom is 0.231 e. The molecule has 0 aliphatic carbocycles.